The van der Waals surface area contributed by atoms with Crippen molar-refractivity contribution in [2.45, 2.75) is 57.4 Å². The fourth-order valence-electron chi connectivity index (χ4n) is 3.62. The standard InChI is InChI=1S/C21H26N2O2/c1-20(2,3)15-9-11-16(12-10-15)21(13-4-5-14-21)23-19(25)17-7-6-8-18(24)22-17/h6-12H,4-5,13-14H2,1-3H3,(H,22,24)(H,23,25). The van der Waals surface area contributed by atoms with Crippen LogP contribution in [0.5, 0.6) is 0 Å². The van der Waals surface area contributed by atoms with Crippen LogP contribution in [0.2, 0.25) is 0 Å². The number of H-pyrrole nitrogens is 1. The molecule has 132 valence electrons. The number of rotatable bonds is 3. The maximum Gasteiger partial charge on any atom is 0.268 e. The minimum atomic E-state index is -0.347. The molecule has 1 aliphatic carbocycles. The number of amides is 1. The number of nitrogens with one attached hydrogen (secondary N) is 2. The summed E-state index contributed by atoms with van der Waals surface area (Å²) in [6.07, 6.45) is 4.02. The van der Waals surface area contributed by atoms with Crippen LogP contribution in [0, 0.1) is 0 Å². The van der Waals surface area contributed by atoms with Crippen LogP contribution in [0.1, 0.15) is 68.1 Å². The van der Waals surface area contributed by atoms with Crippen molar-refractivity contribution in [1.29, 1.82) is 0 Å². The fraction of sp³-hybridized carbons (Fsp3) is 0.429. The van der Waals surface area contributed by atoms with Crippen molar-refractivity contribution in [2.24, 2.45) is 0 Å². The van der Waals surface area contributed by atoms with E-state index >= 15 is 0 Å². The van der Waals surface area contributed by atoms with Gasteiger partial charge in [-0.25, -0.2) is 0 Å². The van der Waals surface area contributed by atoms with Gasteiger partial charge in [0.05, 0.1) is 5.54 Å². The molecular formula is C21H26N2O2. The van der Waals surface area contributed by atoms with Gasteiger partial charge in [-0.1, -0.05) is 63.9 Å². The van der Waals surface area contributed by atoms with Crippen molar-refractivity contribution in [3.05, 3.63) is 69.6 Å². The Morgan fingerprint density at radius 2 is 1.68 bits per heavy atom. The Kier molecular flexibility index (Phi) is 4.55. The van der Waals surface area contributed by atoms with Crippen molar-refractivity contribution in [1.82, 2.24) is 10.3 Å². The Labute approximate surface area is 148 Å². The molecule has 0 saturated heterocycles. The molecule has 3 rings (SSSR count). The first kappa shape index (κ1) is 17.5. The normalized spacial score (nSPS) is 16.6. The Morgan fingerprint density at radius 3 is 2.24 bits per heavy atom. The van der Waals surface area contributed by atoms with Gasteiger partial charge in [0, 0.05) is 6.07 Å². The number of benzene rings is 1. The summed E-state index contributed by atoms with van der Waals surface area (Å²) in [5, 5.41) is 3.20. The van der Waals surface area contributed by atoms with Crippen molar-refractivity contribution < 1.29 is 4.79 Å². The van der Waals surface area contributed by atoms with Crippen LogP contribution in [-0.2, 0) is 11.0 Å². The maximum atomic E-state index is 12.7. The summed E-state index contributed by atoms with van der Waals surface area (Å²) in [5.41, 5.74) is 2.23. The van der Waals surface area contributed by atoms with Gasteiger partial charge < -0.3 is 10.3 Å². The summed E-state index contributed by atoms with van der Waals surface area (Å²) in [5.74, 6) is -0.223. The highest BCUT2D eigenvalue weighted by Crippen LogP contribution is 2.39. The molecule has 25 heavy (non-hydrogen) atoms. The van der Waals surface area contributed by atoms with Crippen LogP contribution in [0.25, 0.3) is 0 Å². The summed E-state index contributed by atoms with van der Waals surface area (Å²) >= 11 is 0. The molecule has 0 unspecified atom stereocenters. The highest BCUT2D eigenvalue weighted by molar-refractivity contribution is 5.92. The highest BCUT2D eigenvalue weighted by atomic mass is 16.2. The molecule has 1 fully saturated rings. The number of aromatic amines is 1. The molecule has 4 heteroatoms. The number of pyridine rings is 1. The van der Waals surface area contributed by atoms with E-state index in [1.165, 1.54) is 11.6 Å². The predicted molar refractivity (Wildman–Crippen MR) is 99.8 cm³/mol. The van der Waals surface area contributed by atoms with E-state index in [0.29, 0.717) is 5.69 Å². The zero-order valence-electron chi connectivity index (χ0n) is 15.2. The summed E-state index contributed by atoms with van der Waals surface area (Å²) in [6.45, 7) is 6.59. The smallest absolute Gasteiger partial charge is 0.268 e. The Hall–Kier alpha value is -2.36. The first-order valence-corrected chi connectivity index (χ1v) is 8.93. The van der Waals surface area contributed by atoms with Crippen LogP contribution >= 0.6 is 0 Å². The van der Waals surface area contributed by atoms with Gasteiger partial charge in [0.25, 0.3) is 5.91 Å². The first-order chi connectivity index (χ1) is 11.8. The van der Waals surface area contributed by atoms with Crippen LogP contribution in [0.15, 0.2) is 47.3 Å². The van der Waals surface area contributed by atoms with E-state index in [4.69, 9.17) is 0 Å². The largest absolute Gasteiger partial charge is 0.341 e. The summed E-state index contributed by atoms with van der Waals surface area (Å²) in [6, 6.07) is 13.3. The Balaban J connectivity index is 1.89. The van der Waals surface area contributed by atoms with E-state index in [9.17, 15) is 9.59 Å². The van der Waals surface area contributed by atoms with Gasteiger partial charge in [-0.2, -0.15) is 0 Å². The van der Waals surface area contributed by atoms with Crippen molar-refractivity contribution in [3.63, 3.8) is 0 Å². The van der Waals surface area contributed by atoms with Gasteiger partial charge in [-0.15, -0.1) is 0 Å². The van der Waals surface area contributed by atoms with Crippen LogP contribution in [0.3, 0.4) is 0 Å². The van der Waals surface area contributed by atoms with Crippen LogP contribution in [-0.4, -0.2) is 10.9 Å². The zero-order valence-corrected chi connectivity index (χ0v) is 15.2. The molecule has 0 atom stereocenters. The van der Waals surface area contributed by atoms with E-state index in [0.717, 1.165) is 31.2 Å². The van der Waals surface area contributed by atoms with Gasteiger partial charge in [0.1, 0.15) is 5.69 Å². The van der Waals surface area contributed by atoms with E-state index in [2.05, 4.69) is 55.3 Å². The maximum absolute atomic E-state index is 12.7. The molecule has 2 N–H and O–H groups in total. The molecule has 1 heterocycles. The van der Waals surface area contributed by atoms with Crippen molar-refractivity contribution in [3.8, 4) is 0 Å². The molecule has 1 aromatic heterocycles. The van der Waals surface area contributed by atoms with Crippen LogP contribution in [0.4, 0.5) is 0 Å². The molecule has 1 saturated carbocycles. The third kappa shape index (κ3) is 3.68. The molecule has 2 aromatic rings. The number of hydrogen-bond acceptors (Lipinski definition) is 2. The molecule has 1 aliphatic rings. The lowest BCUT2D eigenvalue weighted by atomic mass is 9.83. The molecule has 0 aliphatic heterocycles. The lowest BCUT2D eigenvalue weighted by Gasteiger charge is -2.32. The lowest BCUT2D eigenvalue weighted by Crippen LogP contribution is -2.44. The number of aromatic nitrogens is 1. The quantitative estimate of drug-likeness (QED) is 0.892. The van der Waals surface area contributed by atoms with E-state index in [1.807, 2.05) is 0 Å². The van der Waals surface area contributed by atoms with E-state index in [-0.39, 0.29) is 22.4 Å². The highest BCUT2D eigenvalue weighted by Gasteiger charge is 2.37. The van der Waals surface area contributed by atoms with Gasteiger partial charge >= 0.3 is 0 Å². The van der Waals surface area contributed by atoms with Gasteiger partial charge in [-0.3, -0.25) is 9.59 Å². The second-order valence-electron chi connectivity index (χ2n) is 8.00. The third-order valence-electron chi connectivity index (χ3n) is 5.13. The van der Waals surface area contributed by atoms with Gasteiger partial charge in [-0.05, 0) is 35.4 Å². The number of hydrogen-bond donors (Lipinski definition) is 2. The zero-order chi connectivity index (χ0) is 18.1. The fourth-order valence-corrected chi connectivity index (χ4v) is 3.62. The molecule has 1 aromatic carbocycles. The molecule has 4 nitrogen and oxygen atoms in total. The second kappa shape index (κ2) is 6.51. The summed E-state index contributed by atoms with van der Waals surface area (Å²) < 4.78 is 0. The number of carbonyl (C=O) groups is 1. The molecule has 1 amide bonds. The van der Waals surface area contributed by atoms with Crippen molar-refractivity contribution >= 4 is 5.91 Å². The van der Waals surface area contributed by atoms with Gasteiger partial charge in [0.2, 0.25) is 5.56 Å². The molecule has 0 spiro atoms. The molecule has 0 radical (unpaired) electrons. The monoisotopic (exact) mass is 338 g/mol. The SMILES string of the molecule is CC(C)(C)c1ccc(C2(NC(=O)c3cccc(=O)[nH]3)CCCC2)cc1. The van der Waals surface area contributed by atoms with E-state index in [1.54, 1.807) is 12.1 Å². The Bertz CT molecular complexity index is 807. The number of carbonyl (C=O) groups excluding carboxylic acids is 1. The predicted octanol–water partition coefficient (Wildman–Crippen LogP) is 3.87. The molecular weight excluding hydrogens is 312 g/mol. The summed E-state index contributed by atoms with van der Waals surface area (Å²) in [7, 11) is 0. The minimum Gasteiger partial charge on any atom is -0.341 e. The average Bonchev–Trinajstić information content (AvgIpc) is 3.04. The van der Waals surface area contributed by atoms with Crippen molar-refractivity contribution in [2.75, 3.05) is 0 Å². The average molecular weight is 338 g/mol. The van der Waals surface area contributed by atoms with Crippen LogP contribution < -0.4 is 10.9 Å². The summed E-state index contributed by atoms with van der Waals surface area (Å²) in [4.78, 5) is 26.8. The van der Waals surface area contributed by atoms with Gasteiger partial charge in [0.15, 0.2) is 0 Å². The second-order valence-corrected chi connectivity index (χ2v) is 8.00. The topological polar surface area (TPSA) is 62.0 Å². The lowest BCUT2D eigenvalue weighted by molar-refractivity contribution is 0.0892. The third-order valence-corrected chi connectivity index (χ3v) is 5.13. The Morgan fingerprint density at radius 1 is 1.04 bits per heavy atom. The first-order valence-electron chi connectivity index (χ1n) is 8.93. The molecule has 0 bridgehead atoms. The van der Waals surface area contributed by atoms with E-state index < -0.39 is 0 Å². The minimum absolute atomic E-state index is 0.105.